The van der Waals surface area contributed by atoms with Gasteiger partial charge in [-0.15, -0.1) is 0 Å². The fraction of sp³-hybridized carbons (Fsp3) is 0.200. The van der Waals surface area contributed by atoms with E-state index in [0.717, 1.165) is 11.3 Å². The molecule has 0 aromatic heterocycles. The molecule has 1 aromatic rings. The molecule has 0 unspecified atom stereocenters. The number of carboxylic acids is 1. The van der Waals surface area contributed by atoms with Crippen LogP contribution in [-0.2, 0) is 11.2 Å². The highest BCUT2D eigenvalue weighted by Crippen LogP contribution is 2.26. The average Bonchev–Trinajstić information content (AvgIpc) is 2.59. The first kappa shape index (κ1) is 8.57. The van der Waals surface area contributed by atoms with E-state index in [-0.39, 0.29) is 0 Å². The summed E-state index contributed by atoms with van der Waals surface area (Å²) in [6.07, 6.45) is 0.483. The van der Waals surface area contributed by atoms with Crippen molar-refractivity contribution in [2.45, 2.75) is 12.5 Å². The van der Waals surface area contributed by atoms with Gasteiger partial charge < -0.3 is 10.4 Å². The molecular weight excluding hydrogens is 180 g/mol. The Balaban J connectivity index is 2.32. The van der Waals surface area contributed by atoms with Gasteiger partial charge in [-0.1, -0.05) is 6.07 Å². The quantitative estimate of drug-likeness (QED) is 0.689. The summed E-state index contributed by atoms with van der Waals surface area (Å²) >= 11 is 0. The molecule has 0 spiro atoms. The van der Waals surface area contributed by atoms with Crippen molar-refractivity contribution >= 4 is 11.7 Å². The standard InChI is InChI=1S/C10H8N2O2/c11-5-6-1-2-7-4-9(10(13)14)12-8(7)3-6/h1-3,9,12H,4H2,(H,13,14)/t9-/m1/s1. The fourth-order valence-electron chi connectivity index (χ4n) is 1.57. The first-order valence-electron chi connectivity index (χ1n) is 4.23. The van der Waals surface area contributed by atoms with Gasteiger partial charge >= 0.3 is 5.97 Å². The summed E-state index contributed by atoms with van der Waals surface area (Å²) in [7, 11) is 0. The zero-order valence-electron chi connectivity index (χ0n) is 7.32. The normalized spacial score (nSPS) is 18.1. The van der Waals surface area contributed by atoms with E-state index in [1.165, 1.54) is 0 Å². The minimum absolute atomic E-state index is 0.483. The molecular formula is C10H8N2O2. The molecule has 1 aliphatic heterocycles. The van der Waals surface area contributed by atoms with Crippen LogP contribution in [0.15, 0.2) is 18.2 Å². The Bertz CT molecular complexity index is 434. The maximum absolute atomic E-state index is 10.7. The van der Waals surface area contributed by atoms with Crippen LogP contribution in [0.1, 0.15) is 11.1 Å². The molecule has 0 saturated carbocycles. The monoisotopic (exact) mass is 188 g/mol. The summed E-state index contributed by atoms with van der Waals surface area (Å²) in [6.45, 7) is 0. The zero-order chi connectivity index (χ0) is 10.1. The SMILES string of the molecule is N#Cc1ccc2c(c1)N[C@@H](C(=O)O)C2. The summed E-state index contributed by atoms with van der Waals surface area (Å²) in [5.74, 6) is -0.861. The van der Waals surface area contributed by atoms with Crippen molar-refractivity contribution in [3.63, 3.8) is 0 Å². The molecule has 4 heteroatoms. The molecule has 1 aliphatic rings. The number of carbonyl (C=O) groups is 1. The van der Waals surface area contributed by atoms with Crippen molar-refractivity contribution in [3.8, 4) is 6.07 Å². The average molecular weight is 188 g/mol. The number of carboxylic acid groups (broad SMARTS) is 1. The van der Waals surface area contributed by atoms with Gasteiger partial charge in [0.05, 0.1) is 11.6 Å². The first-order chi connectivity index (χ1) is 6.70. The van der Waals surface area contributed by atoms with E-state index in [9.17, 15) is 4.79 Å². The van der Waals surface area contributed by atoms with E-state index in [1.807, 2.05) is 6.07 Å². The highest BCUT2D eigenvalue weighted by molar-refractivity contribution is 5.81. The van der Waals surface area contributed by atoms with Crippen LogP contribution in [0.3, 0.4) is 0 Å². The molecule has 0 saturated heterocycles. The largest absolute Gasteiger partial charge is 0.480 e. The summed E-state index contributed by atoms with van der Waals surface area (Å²) in [4.78, 5) is 10.7. The number of benzene rings is 1. The Morgan fingerprint density at radius 2 is 2.43 bits per heavy atom. The van der Waals surface area contributed by atoms with Gasteiger partial charge in [-0.25, -0.2) is 4.79 Å². The Labute approximate surface area is 80.8 Å². The number of hydrogen-bond donors (Lipinski definition) is 2. The third-order valence-corrected chi connectivity index (χ3v) is 2.29. The number of aliphatic carboxylic acids is 1. The number of nitrogens with one attached hydrogen (secondary N) is 1. The molecule has 0 bridgehead atoms. The summed E-state index contributed by atoms with van der Waals surface area (Å²) in [5.41, 5.74) is 2.26. The van der Waals surface area contributed by atoms with E-state index in [4.69, 9.17) is 10.4 Å². The number of nitriles is 1. The minimum atomic E-state index is -0.861. The molecule has 1 heterocycles. The molecule has 1 aromatic carbocycles. The highest BCUT2D eigenvalue weighted by Gasteiger charge is 2.26. The predicted octanol–water partition coefficient (Wildman–Crippen LogP) is 0.979. The number of hydrogen-bond acceptors (Lipinski definition) is 3. The maximum atomic E-state index is 10.7. The van der Waals surface area contributed by atoms with E-state index in [2.05, 4.69) is 5.32 Å². The van der Waals surface area contributed by atoms with Crippen LogP contribution in [0.2, 0.25) is 0 Å². The lowest BCUT2D eigenvalue weighted by Crippen LogP contribution is -2.26. The Morgan fingerprint density at radius 1 is 1.64 bits per heavy atom. The second kappa shape index (κ2) is 3.04. The van der Waals surface area contributed by atoms with Crippen molar-refractivity contribution in [1.82, 2.24) is 0 Å². The van der Waals surface area contributed by atoms with Crippen LogP contribution in [0.5, 0.6) is 0 Å². The van der Waals surface area contributed by atoms with Gasteiger partial charge in [-0.05, 0) is 17.7 Å². The van der Waals surface area contributed by atoms with Crippen molar-refractivity contribution in [3.05, 3.63) is 29.3 Å². The molecule has 1 atom stereocenters. The van der Waals surface area contributed by atoms with E-state index >= 15 is 0 Å². The molecule has 4 nitrogen and oxygen atoms in total. The lowest BCUT2D eigenvalue weighted by atomic mass is 10.1. The van der Waals surface area contributed by atoms with Crippen LogP contribution in [0.4, 0.5) is 5.69 Å². The molecule has 2 rings (SSSR count). The topological polar surface area (TPSA) is 73.1 Å². The van der Waals surface area contributed by atoms with Crippen LogP contribution < -0.4 is 5.32 Å². The van der Waals surface area contributed by atoms with Crippen LogP contribution in [0, 0.1) is 11.3 Å². The molecule has 2 N–H and O–H groups in total. The first-order valence-corrected chi connectivity index (χ1v) is 4.23. The van der Waals surface area contributed by atoms with Crippen LogP contribution in [0.25, 0.3) is 0 Å². The summed E-state index contributed by atoms with van der Waals surface area (Å²) in [5, 5.41) is 20.3. The summed E-state index contributed by atoms with van der Waals surface area (Å²) in [6, 6.07) is 6.63. The Kier molecular flexibility index (Phi) is 1.86. The third-order valence-electron chi connectivity index (χ3n) is 2.29. The van der Waals surface area contributed by atoms with Gasteiger partial charge in [0.1, 0.15) is 6.04 Å². The van der Waals surface area contributed by atoms with Gasteiger partial charge in [0.25, 0.3) is 0 Å². The van der Waals surface area contributed by atoms with Crippen molar-refractivity contribution in [2.75, 3.05) is 5.32 Å². The number of rotatable bonds is 1. The highest BCUT2D eigenvalue weighted by atomic mass is 16.4. The molecule has 0 amide bonds. The van der Waals surface area contributed by atoms with Crippen LogP contribution in [-0.4, -0.2) is 17.1 Å². The maximum Gasteiger partial charge on any atom is 0.326 e. The van der Waals surface area contributed by atoms with Gasteiger partial charge in [0.15, 0.2) is 0 Å². The van der Waals surface area contributed by atoms with Crippen molar-refractivity contribution in [2.24, 2.45) is 0 Å². The van der Waals surface area contributed by atoms with Crippen LogP contribution >= 0.6 is 0 Å². The Hall–Kier alpha value is -2.02. The van der Waals surface area contributed by atoms with Crippen molar-refractivity contribution in [1.29, 1.82) is 5.26 Å². The van der Waals surface area contributed by atoms with E-state index in [0.29, 0.717) is 12.0 Å². The molecule has 14 heavy (non-hydrogen) atoms. The second-order valence-corrected chi connectivity index (χ2v) is 3.22. The van der Waals surface area contributed by atoms with Gasteiger partial charge in [-0.3, -0.25) is 0 Å². The smallest absolute Gasteiger partial charge is 0.326 e. The van der Waals surface area contributed by atoms with Crippen molar-refractivity contribution < 1.29 is 9.90 Å². The van der Waals surface area contributed by atoms with E-state index in [1.54, 1.807) is 18.2 Å². The fourth-order valence-corrected chi connectivity index (χ4v) is 1.57. The molecule has 0 aliphatic carbocycles. The Morgan fingerprint density at radius 3 is 3.07 bits per heavy atom. The minimum Gasteiger partial charge on any atom is -0.480 e. The second-order valence-electron chi connectivity index (χ2n) is 3.22. The number of nitrogens with zero attached hydrogens (tertiary/aromatic N) is 1. The number of anilines is 1. The lowest BCUT2D eigenvalue weighted by molar-refractivity contribution is -0.137. The summed E-state index contributed by atoms with van der Waals surface area (Å²) < 4.78 is 0. The van der Waals surface area contributed by atoms with E-state index < -0.39 is 12.0 Å². The molecule has 70 valence electrons. The molecule has 0 fully saturated rings. The van der Waals surface area contributed by atoms with Gasteiger partial charge in [0, 0.05) is 12.1 Å². The zero-order valence-corrected chi connectivity index (χ0v) is 7.32. The molecule has 0 radical (unpaired) electrons. The van der Waals surface area contributed by atoms with Gasteiger partial charge in [-0.2, -0.15) is 5.26 Å². The predicted molar refractivity (Wildman–Crippen MR) is 49.9 cm³/mol. The van der Waals surface area contributed by atoms with Gasteiger partial charge in [0.2, 0.25) is 0 Å². The number of fused-ring (bicyclic) bond motifs is 1. The lowest BCUT2D eigenvalue weighted by Gasteiger charge is -2.03. The third kappa shape index (κ3) is 1.29.